The van der Waals surface area contributed by atoms with Gasteiger partial charge in [-0.3, -0.25) is 14.6 Å². The average molecular weight is 359 g/mol. The fourth-order valence-corrected chi connectivity index (χ4v) is 2.69. The number of nitrogens with zero attached hydrogens (tertiary/aromatic N) is 2. The summed E-state index contributed by atoms with van der Waals surface area (Å²) in [6, 6.07) is 19.9. The Labute approximate surface area is 158 Å². The lowest BCUT2D eigenvalue weighted by molar-refractivity contribution is 0.0796. The number of likely N-dealkylation sites (N-methyl/N-ethyl adjacent to an activating group) is 1. The molecule has 3 aromatic rings. The topological polar surface area (TPSA) is 62.3 Å². The molecule has 0 radical (unpaired) electrons. The van der Waals surface area contributed by atoms with Crippen molar-refractivity contribution in [3.05, 3.63) is 95.8 Å². The molecule has 1 N–H and O–H groups in total. The molecule has 27 heavy (non-hydrogen) atoms. The molecule has 1 heterocycles. The number of para-hydroxylation sites is 1. The van der Waals surface area contributed by atoms with Crippen LogP contribution in [0.1, 0.15) is 26.3 Å². The van der Waals surface area contributed by atoms with Crippen LogP contribution >= 0.6 is 0 Å². The summed E-state index contributed by atoms with van der Waals surface area (Å²) in [4.78, 5) is 30.8. The zero-order valence-corrected chi connectivity index (χ0v) is 15.1. The Morgan fingerprint density at radius 3 is 2.37 bits per heavy atom. The highest BCUT2D eigenvalue weighted by Crippen LogP contribution is 2.12. The van der Waals surface area contributed by atoms with Crippen LogP contribution in [0.25, 0.3) is 0 Å². The van der Waals surface area contributed by atoms with E-state index in [1.54, 1.807) is 48.6 Å². The van der Waals surface area contributed by atoms with Crippen LogP contribution in [0.5, 0.6) is 0 Å². The largest absolute Gasteiger partial charge is 0.341 e. The van der Waals surface area contributed by atoms with Crippen molar-refractivity contribution in [2.24, 2.45) is 0 Å². The lowest BCUT2D eigenvalue weighted by Gasteiger charge is -2.17. The van der Waals surface area contributed by atoms with Gasteiger partial charge in [-0.1, -0.05) is 24.3 Å². The third-order valence-corrected chi connectivity index (χ3v) is 4.24. The maximum atomic E-state index is 12.7. The summed E-state index contributed by atoms with van der Waals surface area (Å²) >= 11 is 0. The first-order chi connectivity index (χ1) is 13.1. The van der Waals surface area contributed by atoms with E-state index in [9.17, 15) is 9.59 Å². The first-order valence-corrected chi connectivity index (χ1v) is 8.74. The van der Waals surface area contributed by atoms with Gasteiger partial charge in [-0.15, -0.1) is 0 Å². The van der Waals surface area contributed by atoms with Gasteiger partial charge < -0.3 is 10.2 Å². The maximum Gasteiger partial charge on any atom is 0.255 e. The van der Waals surface area contributed by atoms with Gasteiger partial charge in [-0.2, -0.15) is 0 Å². The minimum atomic E-state index is -0.240. The predicted molar refractivity (Wildman–Crippen MR) is 106 cm³/mol. The van der Waals surface area contributed by atoms with Crippen molar-refractivity contribution in [1.82, 2.24) is 9.88 Å². The SMILES string of the molecule is CN(CCc1ccncc1)C(=O)c1cccc(C(=O)Nc2ccccc2)c1. The van der Waals surface area contributed by atoms with Gasteiger partial charge in [0, 0.05) is 42.8 Å². The Bertz CT molecular complexity index is 911. The van der Waals surface area contributed by atoms with E-state index in [2.05, 4.69) is 10.3 Å². The Balaban J connectivity index is 1.65. The highest BCUT2D eigenvalue weighted by atomic mass is 16.2. The van der Waals surface area contributed by atoms with Crippen molar-refractivity contribution >= 4 is 17.5 Å². The molecular weight excluding hydrogens is 338 g/mol. The molecule has 3 rings (SSSR count). The van der Waals surface area contributed by atoms with Crippen molar-refractivity contribution in [2.45, 2.75) is 6.42 Å². The smallest absolute Gasteiger partial charge is 0.255 e. The number of hydrogen-bond donors (Lipinski definition) is 1. The lowest BCUT2D eigenvalue weighted by atomic mass is 10.1. The molecule has 0 aliphatic heterocycles. The molecule has 2 amide bonds. The fraction of sp³-hybridized carbons (Fsp3) is 0.136. The van der Waals surface area contributed by atoms with E-state index < -0.39 is 0 Å². The second kappa shape index (κ2) is 8.76. The predicted octanol–water partition coefficient (Wildman–Crippen LogP) is 3.65. The van der Waals surface area contributed by atoms with E-state index in [-0.39, 0.29) is 11.8 Å². The third kappa shape index (κ3) is 5.01. The third-order valence-electron chi connectivity index (χ3n) is 4.24. The normalized spacial score (nSPS) is 10.3. The van der Waals surface area contributed by atoms with Crippen molar-refractivity contribution in [2.75, 3.05) is 18.9 Å². The lowest BCUT2D eigenvalue weighted by Crippen LogP contribution is -2.29. The zero-order valence-electron chi connectivity index (χ0n) is 15.1. The van der Waals surface area contributed by atoms with Gasteiger partial charge in [-0.05, 0) is 54.4 Å². The quantitative estimate of drug-likeness (QED) is 0.731. The Morgan fingerprint density at radius 2 is 1.63 bits per heavy atom. The number of hydrogen-bond acceptors (Lipinski definition) is 3. The van der Waals surface area contributed by atoms with Crippen LogP contribution in [0.15, 0.2) is 79.1 Å². The van der Waals surface area contributed by atoms with Crippen LogP contribution in [0, 0.1) is 0 Å². The van der Waals surface area contributed by atoms with E-state index in [0.29, 0.717) is 23.4 Å². The van der Waals surface area contributed by atoms with E-state index in [0.717, 1.165) is 12.0 Å². The van der Waals surface area contributed by atoms with Crippen LogP contribution in [-0.4, -0.2) is 35.3 Å². The molecule has 5 heteroatoms. The molecule has 136 valence electrons. The molecule has 0 aliphatic carbocycles. The molecule has 0 spiro atoms. The molecule has 5 nitrogen and oxygen atoms in total. The molecule has 0 atom stereocenters. The highest BCUT2D eigenvalue weighted by Gasteiger charge is 2.14. The number of carbonyl (C=O) groups is 2. The van der Waals surface area contributed by atoms with Crippen molar-refractivity contribution in [1.29, 1.82) is 0 Å². The van der Waals surface area contributed by atoms with Crippen LogP contribution in [0.4, 0.5) is 5.69 Å². The number of amides is 2. The van der Waals surface area contributed by atoms with Gasteiger partial charge in [0.1, 0.15) is 0 Å². The number of rotatable bonds is 6. The Kier molecular flexibility index (Phi) is 5.94. The molecule has 0 saturated heterocycles. The fourth-order valence-electron chi connectivity index (χ4n) is 2.69. The van der Waals surface area contributed by atoms with Crippen LogP contribution < -0.4 is 5.32 Å². The summed E-state index contributed by atoms with van der Waals surface area (Å²) in [6.07, 6.45) is 4.23. The first kappa shape index (κ1) is 18.3. The summed E-state index contributed by atoms with van der Waals surface area (Å²) in [7, 11) is 1.76. The first-order valence-electron chi connectivity index (χ1n) is 8.74. The van der Waals surface area contributed by atoms with Crippen LogP contribution in [0.2, 0.25) is 0 Å². The maximum absolute atomic E-state index is 12.7. The molecule has 0 saturated carbocycles. The van der Waals surface area contributed by atoms with Gasteiger partial charge in [0.05, 0.1) is 0 Å². The average Bonchev–Trinajstić information content (AvgIpc) is 2.73. The van der Waals surface area contributed by atoms with Gasteiger partial charge >= 0.3 is 0 Å². The monoisotopic (exact) mass is 359 g/mol. The number of nitrogens with one attached hydrogen (secondary N) is 1. The molecule has 0 aliphatic rings. The van der Waals surface area contributed by atoms with Crippen LogP contribution in [-0.2, 0) is 6.42 Å². The van der Waals surface area contributed by atoms with Crippen LogP contribution in [0.3, 0.4) is 0 Å². The highest BCUT2D eigenvalue weighted by molar-refractivity contribution is 6.06. The molecule has 0 unspecified atom stereocenters. The number of benzene rings is 2. The van der Waals surface area contributed by atoms with Crippen molar-refractivity contribution in [3.8, 4) is 0 Å². The second-order valence-electron chi connectivity index (χ2n) is 6.23. The number of anilines is 1. The molecule has 0 fully saturated rings. The standard InChI is InChI=1S/C22H21N3O2/c1-25(15-12-17-10-13-23-14-11-17)22(27)19-7-5-6-18(16-19)21(26)24-20-8-3-2-4-9-20/h2-11,13-14,16H,12,15H2,1H3,(H,24,26). The molecule has 1 aromatic heterocycles. The summed E-state index contributed by atoms with van der Waals surface area (Å²) in [5.74, 6) is -0.353. The molecule has 0 bridgehead atoms. The summed E-state index contributed by atoms with van der Waals surface area (Å²) in [5.41, 5.74) is 2.79. The van der Waals surface area contributed by atoms with Gasteiger partial charge in [0.15, 0.2) is 0 Å². The van der Waals surface area contributed by atoms with E-state index in [1.807, 2.05) is 42.5 Å². The number of carbonyl (C=O) groups excluding carboxylic acids is 2. The van der Waals surface area contributed by atoms with E-state index in [4.69, 9.17) is 0 Å². The number of aromatic nitrogens is 1. The summed E-state index contributed by atoms with van der Waals surface area (Å²) in [6.45, 7) is 0.587. The molecular formula is C22H21N3O2. The van der Waals surface area contributed by atoms with Gasteiger partial charge in [-0.25, -0.2) is 0 Å². The van der Waals surface area contributed by atoms with Crippen molar-refractivity contribution < 1.29 is 9.59 Å². The minimum Gasteiger partial charge on any atom is -0.341 e. The zero-order chi connectivity index (χ0) is 19.1. The Hall–Kier alpha value is -3.47. The van der Waals surface area contributed by atoms with Crippen molar-refractivity contribution in [3.63, 3.8) is 0 Å². The van der Waals surface area contributed by atoms with Gasteiger partial charge in [0.2, 0.25) is 0 Å². The second-order valence-corrected chi connectivity index (χ2v) is 6.23. The minimum absolute atomic E-state index is 0.113. The number of pyridine rings is 1. The van der Waals surface area contributed by atoms with Gasteiger partial charge in [0.25, 0.3) is 11.8 Å². The summed E-state index contributed by atoms with van der Waals surface area (Å²) < 4.78 is 0. The van der Waals surface area contributed by atoms with E-state index >= 15 is 0 Å². The Morgan fingerprint density at radius 1 is 0.926 bits per heavy atom. The molecule has 2 aromatic carbocycles. The summed E-state index contributed by atoms with van der Waals surface area (Å²) in [5, 5.41) is 2.83. The van der Waals surface area contributed by atoms with E-state index in [1.165, 1.54) is 0 Å².